The van der Waals surface area contributed by atoms with Crippen molar-refractivity contribution in [1.82, 2.24) is 15.5 Å². The van der Waals surface area contributed by atoms with Gasteiger partial charge in [-0.25, -0.2) is 0 Å². The molecule has 5 nitrogen and oxygen atoms in total. The molecule has 2 heterocycles. The summed E-state index contributed by atoms with van der Waals surface area (Å²) in [5.74, 6) is 1.26. The van der Waals surface area contributed by atoms with Crippen molar-refractivity contribution in [3.8, 4) is 11.5 Å². The molecule has 0 unspecified atom stereocenters. The summed E-state index contributed by atoms with van der Waals surface area (Å²) in [6, 6.07) is 6.40. The third-order valence-corrected chi connectivity index (χ3v) is 3.80. The van der Waals surface area contributed by atoms with Gasteiger partial charge in [0.15, 0.2) is 0 Å². The quantitative estimate of drug-likeness (QED) is 0.925. The Balaban J connectivity index is 1.89. The molecule has 1 aromatic heterocycles. The number of hydrogen-bond donors (Lipinski definition) is 1. The van der Waals surface area contributed by atoms with Gasteiger partial charge >= 0.3 is 0 Å². The lowest BCUT2D eigenvalue weighted by atomic mass is 9.98. The summed E-state index contributed by atoms with van der Waals surface area (Å²) in [5.41, 5.74) is 3.74. The number of fused-ring (bicyclic) bond motifs is 1. The van der Waals surface area contributed by atoms with E-state index in [2.05, 4.69) is 52.4 Å². The lowest BCUT2D eigenvalue weighted by Crippen LogP contribution is -2.23. The molecule has 1 aliphatic rings. The van der Waals surface area contributed by atoms with Crippen LogP contribution in [0.5, 0.6) is 0 Å². The first-order valence-corrected chi connectivity index (χ1v) is 7.23. The van der Waals surface area contributed by atoms with Gasteiger partial charge in [-0.2, -0.15) is 4.98 Å². The van der Waals surface area contributed by atoms with Crippen LogP contribution in [0, 0.1) is 0 Å². The molecule has 20 heavy (non-hydrogen) atoms. The highest BCUT2D eigenvalue weighted by Gasteiger charge is 2.15. The molecular weight excluding hydrogens is 252 g/mol. The average molecular weight is 272 g/mol. The Morgan fingerprint density at radius 3 is 2.90 bits per heavy atom. The molecule has 2 aromatic rings. The number of hydrogen-bond acceptors (Lipinski definition) is 5. The Labute approximate surface area is 119 Å². The van der Waals surface area contributed by atoms with Gasteiger partial charge in [-0.1, -0.05) is 6.07 Å². The summed E-state index contributed by atoms with van der Waals surface area (Å²) in [7, 11) is 0. The molecule has 0 amide bonds. The third-order valence-electron chi connectivity index (χ3n) is 3.80. The van der Waals surface area contributed by atoms with Crippen molar-refractivity contribution in [3.05, 3.63) is 29.3 Å². The molecule has 0 radical (unpaired) electrons. The van der Waals surface area contributed by atoms with E-state index in [0.29, 0.717) is 11.8 Å². The van der Waals surface area contributed by atoms with Crippen molar-refractivity contribution in [2.45, 2.75) is 26.8 Å². The van der Waals surface area contributed by atoms with E-state index in [1.807, 2.05) is 0 Å². The number of nitrogens with one attached hydrogen (secondary N) is 1. The Hall–Kier alpha value is -1.88. The van der Waals surface area contributed by atoms with Crippen LogP contribution in [0.15, 0.2) is 22.7 Å². The van der Waals surface area contributed by atoms with Crippen LogP contribution in [0.4, 0.5) is 5.95 Å². The van der Waals surface area contributed by atoms with Gasteiger partial charge in [-0.15, -0.1) is 0 Å². The maximum Gasteiger partial charge on any atom is 0.266 e. The lowest BCUT2D eigenvalue weighted by molar-refractivity contribution is 0.429. The van der Waals surface area contributed by atoms with Crippen LogP contribution in [-0.4, -0.2) is 29.8 Å². The van der Waals surface area contributed by atoms with E-state index in [1.54, 1.807) is 0 Å². The van der Waals surface area contributed by atoms with Gasteiger partial charge in [0.2, 0.25) is 0 Å². The zero-order valence-electron chi connectivity index (χ0n) is 12.0. The molecule has 0 atom stereocenters. The highest BCUT2D eigenvalue weighted by molar-refractivity contribution is 5.57. The van der Waals surface area contributed by atoms with Crippen molar-refractivity contribution in [2.24, 2.45) is 0 Å². The van der Waals surface area contributed by atoms with Crippen LogP contribution in [0.25, 0.3) is 11.5 Å². The van der Waals surface area contributed by atoms with Crippen LogP contribution in [0.1, 0.15) is 25.0 Å². The summed E-state index contributed by atoms with van der Waals surface area (Å²) in [6.45, 7) is 7.90. The van der Waals surface area contributed by atoms with E-state index in [0.717, 1.165) is 38.2 Å². The van der Waals surface area contributed by atoms with E-state index in [-0.39, 0.29) is 0 Å². The van der Waals surface area contributed by atoms with Gasteiger partial charge in [0, 0.05) is 25.2 Å². The van der Waals surface area contributed by atoms with Crippen LogP contribution in [0.3, 0.4) is 0 Å². The van der Waals surface area contributed by atoms with E-state index in [4.69, 9.17) is 4.52 Å². The molecule has 0 aliphatic carbocycles. The molecule has 0 spiro atoms. The third kappa shape index (κ3) is 2.41. The normalized spacial score (nSPS) is 14.1. The van der Waals surface area contributed by atoms with E-state index < -0.39 is 0 Å². The van der Waals surface area contributed by atoms with Crippen LogP contribution >= 0.6 is 0 Å². The van der Waals surface area contributed by atoms with Crippen LogP contribution < -0.4 is 10.2 Å². The van der Waals surface area contributed by atoms with E-state index >= 15 is 0 Å². The maximum absolute atomic E-state index is 5.40. The summed E-state index contributed by atoms with van der Waals surface area (Å²) in [6.07, 6.45) is 1.09. The number of nitrogens with zero attached hydrogens (tertiary/aromatic N) is 3. The van der Waals surface area contributed by atoms with Gasteiger partial charge < -0.3 is 14.7 Å². The molecule has 5 heteroatoms. The fourth-order valence-corrected chi connectivity index (χ4v) is 2.58. The fourth-order valence-electron chi connectivity index (χ4n) is 2.58. The first kappa shape index (κ1) is 13.1. The second kappa shape index (κ2) is 5.63. The van der Waals surface area contributed by atoms with Gasteiger partial charge in [0.25, 0.3) is 11.8 Å². The van der Waals surface area contributed by atoms with Crippen LogP contribution in [-0.2, 0) is 13.0 Å². The molecule has 3 rings (SSSR count). The smallest absolute Gasteiger partial charge is 0.266 e. The minimum absolute atomic E-state index is 0.597. The Kier molecular flexibility index (Phi) is 3.69. The summed E-state index contributed by atoms with van der Waals surface area (Å²) in [5, 5.41) is 7.46. The fraction of sp³-hybridized carbons (Fsp3) is 0.467. The number of aromatic nitrogens is 2. The Morgan fingerprint density at radius 2 is 2.10 bits per heavy atom. The molecule has 0 bridgehead atoms. The SMILES string of the molecule is CCN(CC)c1noc(-c2ccc3c(c2)CNCC3)n1. The highest BCUT2D eigenvalue weighted by atomic mass is 16.5. The molecule has 106 valence electrons. The Bertz CT molecular complexity index is 589. The molecule has 0 fully saturated rings. The van der Waals surface area contributed by atoms with Gasteiger partial charge in [0.1, 0.15) is 0 Å². The van der Waals surface area contributed by atoms with Crippen molar-refractivity contribution in [2.75, 3.05) is 24.5 Å². The van der Waals surface area contributed by atoms with Crippen molar-refractivity contribution in [1.29, 1.82) is 0 Å². The van der Waals surface area contributed by atoms with Crippen LogP contribution in [0.2, 0.25) is 0 Å². The van der Waals surface area contributed by atoms with Crippen molar-refractivity contribution in [3.63, 3.8) is 0 Å². The standard InChI is InChI=1S/C15H20N4O/c1-3-19(4-2)15-17-14(20-18-15)12-6-5-11-7-8-16-10-13(11)9-12/h5-6,9,16H,3-4,7-8,10H2,1-2H3. The molecule has 1 N–H and O–H groups in total. The van der Waals surface area contributed by atoms with Gasteiger partial charge in [-0.05, 0) is 55.2 Å². The molecule has 1 aliphatic heterocycles. The molecule has 0 saturated carbocycles. The highest BCUT2D eigenvalue weighted by Crippen LogP contribution is 2.24. The molecular formula is C15H20N4O. The summed E-state index contributed by atoms with van der Waals surface area (Å²) in [4.78, 5) is 6.58. The molecule has 0 saturated heterocycles. The van der Waals surface area contributed by atoms with Gasteiger partial charge in [-0.3, -0.25) is 0 Å². The monoisotopic (exact) mass is 272 g/mol. The van der Waals surface area contributed by atoms with Crippen molar-refractivity contribution < 1.29 is 4.52 Å². The first-order chi connectivity index (χ1) is 9.81. The average Bonchev–Trinajstić information content (AvgIpc) is 2.98. The largest absolute Gasteiger partial charge is 0.339 e. The predicted molar refractivity (Wildman–Crippen MR) is 78.7 cm³/mol. The topological polar surface area (TPSA) is 54.2 Å². The minimum atomic E-state index is 0.597. The number of anilines is 1. The second-order valence-electron chi connectivity index (χ2n) is 4.98. The van der Waals surface area contributed by atoms with Gasteiger partial charge in [0.05, 0.1) is 0 Å². The zero-order chi connectivity index (χ0) is 13.9. The van der Waals surface area contributed by atoms with E-state index in [1.165, 1.54) is 11.1 Å². The first-order valence-electron chi connectivity index (χ1n) is 7.23. The minimum Gasteiger partial charge on any atom is -0.339 e. The summed E-state index contributed by atoms with van der Waals surface area (Å²) < 4.78 is 5.40. The second-order valence-corrected chi connectivity index (χ2v) is 4.98. The zero-order valence-corrected chi connectivity index (χ0v) is 12.0. The number of rotatable bonds is 4. The predicted octanol–water partition coefficient (Wildman–Crippen LogP) is 2.23. The number of benzene rings is 1. The van der Waals surface area contributed by atoms with E-state index in [9.17, 15) is 0 Å². The summed E-state index contributed by atoms with van der Waals surface area (Å²) >= 11 is 0. The lowest BCUT2D eigenvalue weighted by Gasteiger charge is -2.17. The maximum atomic E-state index is 5.40. The molecule has 1 aromatic carbocycles. The Morgan fingerprint density at radius 1 is 1.25 bits per heavy atom. The van der Waals surface area contributed by atoms with Crippen molar-refractivity contribution >= 4 is 5.95 Å².